The Morgan fingerprint density at radius 3 is 2.34 bits per heavy atom. The fourth-order valence-corrected chi connectivity index (χ4v) is 3.83. The second-order valence-electron chi connectivity index (χ2n) is 6.13. The van der Waals surface area contributed by atoms with E-state index in [9.17, 15) is 17.6 Å². The zero-order valence-corrected chi connectivity index (χ0v) is 16.5. The average Bonchev–Trinajstić information content (AvgIpc) is 2.68. The van der Waals surface area contributed by atoms with Crippen molar-refractivity contribution in [3.05, 3.63) is 83.7 Å². The summed E-state index contributed by atoms with van der Waals surface area (Å²) in [4.78, 5) is 12.3. The molecule has 0 atom stereocenters. The monoisotopic (exact) mass is 415 g/mol. The number of ether oxygens (including phenoxy) is 1. The minimum atomic E-state index is -4.12. The number of carbonyl (C=O) groups excluding carboxylic acids is 1. The van der Waals surface area contributed by atoms with Gasteiger partial charge in [-0.05, 0) is 67.1 Å². The minimum Gasteiger partial charge on any atom is -0.496 e. The maximum absolute atomic E-state index is 13.2. The highest BCUT2D eigenvalue weighted by Crippen LogP contribution is 2.24. The lowest BCUT2D eigenvalue weighted by atomic mass is 10.2. The maximum Gasteiger partial charge on any atom is 0.339 e. The number of para-hydroxylation sites is 1. The first-order valence-electron chi connectivity index (χ1n) is 8.55. The molecule has 0 saturated heterocycles. The molecule has 0 fully saturated rings. The maximum atomic E-state index is 13.2. The number of rotatable bonds is 6. The molecule has 0 heterocycles. The number of aryl methyl sites for hydroxylation is 1. The molecule has 0 aliphatic carbocycles. The number of benzene rings is 3. The molecule has 150 valence electrons. The van der Waals surface area contributed by atoms with Gasteiger partial charge in [0, 0.05) is 5.69 Å². The summed E-state index contributed by atoms with van der Waals surface area (Å²) in [5.74, 6) is -0.406. The van der Waals surface area contributed by atoms with E-state index in [2.05, 4.69) is 5.32 Å². The van der Waals surface area contributed by atoms with Crippen LogP contribution in [0.5, 0.6) is 11.5 Å². The molecule has 1 N–H and O–H groups in total. The Kier molecular flexibility index (Phi) is 5.84. The standard InChI is InChI=1S/C21H18FNO5S/c1-14-13-15(22)7-12-20(14)29(25,26)28-17-10-8-16(9-11-17)23-21(24)18-5-3-4-6-19(18)27-2/h3-13H,1-2H3,(H,23,24). The molecule has 0 spiro atoms. The van der Waals surface area contributed by atoms with Crippen molar-refractivity contribution in [3.63, 3.8) is 0 Å². The SMILES string of the molecule is COc1ccccc1C(=O)Nc1ccc(OS(=O)(=O)c2ccc(F)cc2C)cc1. The highest BCUT2D eigenvalue weighted by Gasteiger charge is 2.20. The van der Waals surface area contributed by atoms with Gasteiger partial charge in [0.05, 0.1) is 12.7 Å². The van der Waals surface area contributed by atoms with Crippen molar-refractivity contribution in [2.75, 3.05) is 12.4 Å². The van der Waals surface area contributed by atoms with E-state index in [0.717, 1.165) is 18.2 Å². The van der Waals surface area contributed by atoms with Crippen LogP contribution in [0.15, 0.2) is 71.6 Å². The highest BCUT2D eigenvalue weighted by molar-refractivity contribution is 7.87. The van der Waals surface area contributed by atoms with Crippen LogP contribution in [-0.2, 0) is 10.1 Å². The predicted molar refractivity (Wildman–Crippen MR) is 106 cm³/mol. The quantitative estimate of drug-likeness (QED) is 0.612. The topological polar surface area (TPSA) is 81.7 Å². The molecule has 0 saturated carbocycles. The van der Waals surface area contributed by atoms with E-state index < -0.39 is 15.9 Å². The summed E-state index contributed by atoms with van der Waals surface area (Å²) in [5, 5.41) is 2.70. The molecular weight excluding hydrogens is 397 g/mol. The van der Waals surface area contributed by atoms with Crippen molar-refractivity contribution < 1.29 is 26.5 Å². The molecular formula is C21H18FNO5S. The van der Waals surface area contributed by atoms with Gasteiger partial charge in [-0.3, -0.25) is 4.79 Å². The van der Waals surface area contributed by atoms with Gasteiger partial charge >= 0.3 is 10.1 Å². The van der Waals surface area contributed by atoms with Crippen LogP contribution >= 0.6 is 0 Å². The highest BCUT2D eigenvalue weighted by atomic mass is 32.2. The summed E-state index contributed by atoms with van der Waals surface area (Å²) in [7, 11) is -2.65. The molecule has 3 aromatic rings. The largest absolute Gasteiger partial charge is 0.496 e. The zero-order valence-electron chi connectivity index (χ0n) is 15.7. The van der Waals surface area contributed by atoms with Crippen LogP contribution in [0, 0.1) is 12.7 Å². The van der Waals surface area contributed by atoms with Gasteiger partial charge < -0.3 is 14.2 Å². The van der Waals surface area contributed by atoms with Crippen LogP contribution in [0.4, 0.5) is 10.1 Å². The Hall–Kier alpha value is -3.39. The minimum absolute atomic E-state index is 0.0593. The molecule has 0 aliphatic rings. The predicted octanol–water partition coefficient (Wildman–Crippen LogP) is 4.16. The molecule has 0 radical (unpaired) electrons. The number of hydrogen-bond donors (Lipinski definition) is 1. The smallest absolute Gasteiger partial charge is 0.339 e. The third-order valence-electron chi connectivity index (χ3n) is 4.08. The van der Waals surface area contributed by atoms with Crippen molar-refractivity contribution in [2.45, 2.75) is 11.8 Å². The first-order chi connectivity index (χ1) is 13.8. The Labute approximate surface area is 168 Å². The number of methoxy groups -OCH3 is 1. The van der Waals surface area contributed by atoms with E-state index in [1.54, 1.807) is 24.3 Å². The zero-order chi connectivity index (χ0) is 21.0. The van der Waals surface area contributed by atoms with Gasteiger partial charge in [0.1, 0.15) is 22.2 Å². The Bertz CT molecular complexity index is 1140. The number of anilines is 1. The molecule has 3 rings (SSSR count). The number of carbonyl (C=O) groups is 1. The second kappa shape index (κ2) is 8.32. The molecule has 0 unspecified atom stereocenters. The molecule has 0 bridgehead atoms. The van der Waals surface area contributed by atoms with Crippen LogP contribution in [0.25, 0.3) is 0 Å². The van der Waals surface area contributed by atoms with Crippen LogP contribution in [0.1, 0.15) is 15.9 Å². The van der Waals surface area contributed by atoms with E-state index in [1.165, 1.54) is 38.3 Å². The molecule has 0 aliphatic heterocycles. The van der Waals surface area contributed by atoms with Crippen LogP contribution in [0.2, 0.25) is 0 Å². The van der Waals surface area contributed by atoms with Gasteiger partial charge in [0.2, 0.25) is 0 Å². The number of nitrogens with one attached hydrogen (secondary N) is 1. The Morgan fingerprint density at radius 2 is 1.69 bits per heavy atom. The van der Waals surface area contributed by atoms with Crippen LogP contribution in [-0.4, -0.2) is 21.4 Å². The fraction of sp³-hybridized carbons (Fsp3) is 0.0952. The molecule has 29 heavy (non-hydrogen) atoms. The van der Waals surface area contributed by atoms with E-state index in [4.69, 9.17) is 8.92 Å². The molecule has 1 amide bonds. The van der Waals surface area contributed by atoms with Crippen molar-refractivity contribution in [1.29, 1.82) is 0 Å². The van der Waals surface area contributed by atoms with E-state index in [1.807, 2.05) is 0 Å². The van der Waals surface area contributed by atoms with Gasteiger partial charge in [-0.25, -0.2) is 4.39 Å². The third kappa shape index (κ3) is 4.72. The van der Waals surface area contributed by atoms with Crippen molar-refractivity contribution in [3.8, 4) is 11.5 Å². The summed E-state index contributed by atoms with van der Waals surface area (Å²) in [6.07, 6.45) is 0. The lowest BCUT2D eigenvalue weighted by molar-refractivity contribution is 0.102. The van der Waals surface area contributed by atoms with Gasteiger partial charge in [0.25, 0.3) is 5.91 Å². The van der Waals surface area contributed by atoms with E-state index >= 15 is 0 Å². The first kappa shape index (κ1) is 20.3. The summed E-state index contributed by atoms with van der Waals surface area (Å²) in [6, 6.07) is 15.9. The summed E-state index contributed by atoms with van der Waals surface area (Å²) < 4.78 is 48.3. The van der Waals surface area contributed by atoms with Gasteiger partial charge in [-0.15, -0.1) is 0 Å². The lowest BCUT2D eigenvalue weighted by Gasteiger charge is -2.11. The average molecular weight is 415 g/mol. The van der Waals surface area contributed by atoms with Gasteiger partial charge in [-0.1, -0.05) is 12.1 Å². The second-order valence-corrected chi connectivity index (χ2v) is 7.64. The third-order valence-corrected chi connectivity index (χ3v) is 5.48. The first-order valence-corrected chi connectivity index (χ1v) is 9.96. The van der Waals surface area contributed by atoms with Crippen LogP contribution < -0.4 is 14.2 Å². The summed E-state index contributed by atoms with van der Waals surface area (Å²) >= 11 is 0. The van der Waals surface area contributed by atoms with Crippen molar-refractivity contribution in [2.24, 2.45) is 0 Å². The number of halogens is 1. The van der Waals surface area contributed by atoms with E-state index in [0.29, 0.717) is 17.0 Å². The fourth-order valence-electron chi connectivity index (χ4n) is 2.69. The molecule has 6 nitrogen and oxygen atoms in total. The Balaban J connectivity index is 1.74. The Morgan fingerprint density at radius 1 is 1.00 bits per heavy atom. The molecule has 8 heteroatoms. The van der Waals surface area contributed by atoms with Gasteiger partial charge in [-0.2, -0.15) is 8.42 Å². The summed E-state index contributed by atoms with van der Waals surface area (Å²) in [5.41, 5.74) is 1.05. The molecule has 3 aromatic carbocycles. The van der Waals surface area contributed by atoms with Crippen molar-refractivity contribution >= 4 is 21.7 Å². The summed E-state index contributed by atoms with van der Waals surface area (Å²) in [6.45, 7) is 1.48. The van der Waals surface area contributed by atoms with Crippen LogP contribution in [0.3, 0.4) is 0 Å². The van der Waals surface area contributed by atoms with E-state index in [-0.39, 0.29) is 22.1 Å². The lowest BCUT2D eigenvalue weighted by Crippen LogP contribution is -2.13. The number of amides is 1. The van der Waals surface area contributed by atoms with Gasteiger partial charge in [0.15, 0.2) is 0 Å². The normalized spacial score (nSPS) is 11.0. The van der Waals surface area contributed by atoms with Crippen molar-refractivity contribution in [1.82, 2.24) is 0 Å². The molecule has 0 aromatic heterocycles. The number of hydrogen-bond acceptors (Lipinski definition) is 5.